The van der Waals surface area contributed by atoms with Crippen molar-refractivity contribution in [2.75, 3.05) is 0 Å². The highest BCUT2D eigenvalue weighted by Crippen LogP contribution is 2.28. The molecule has 0 radical (unpaired) electrons. The molecule has 1 N–H and O–H groups in total. The van der Waals surface area contributed by atoms with E-state index in [1.54, 1.807) is 12.1 Å². The molecule has 0 aliphatic carbocycles. The van der Waals surface area contributed by atoms with E-state index < -0.39 is 0 Å². The monoisotopic (exact) mass is 329 g/mol. The normalized spacial score (nSPS) is 12.2. The summed E-state index contributed by atoms with van der Waals surface area (Å²) in [6, 6.07) is 9.83. The van der Waals surface area contributed by atoms with Crippen LogP contribution in [0.1, 0.15) is 67.5 Å². The van der Waals surface area contributed by atoms with E-state index in [-0.39, 0.29) is 11.9 Å². The standard InChI is InChI=1S/C20H27NO3/c1-6-15(5)21-20(22)18-10-8-16(24-18)12-23-19-11-14(4)7-9-17(19)13(2)3/h7-11,13,15H,6,12H2,1-5H3,(H,21,22). The minimum Gasteiger partial charge on any atom is -0.485 e. The number of carbonyl (C=O) groups excluding carboxylic acids is 1. The zero-order valence-corrected chi connectivity index (χ0v) is 15.2. The molecule has 4 heteroatoms. The van der Waals surface area contributed by atoms with Crippen molar-refractivity contribution in [3.63, 3.8) is 0 Å². The first-order valence-corrected chi connectivity index (χ1v) is 8.53. The smallest absolute Gasteiger partial charge is 0.287 e. The Balaban J connectivity index is 2.03. The predicted octanol–water partition coefficient (Wildman–Crippen LogP) is 4.82. The molecular weight excluding hydrogens is 302 g/mol. The van der Waals surface area contributed by atoms with Gasteiger partial charge in [0.1, 0.15) is 18.1 Å². The Morgan fingerprint density at radius 2 is 1.96 bits per heavy atom. The van der Waals surface area contributed by atoms with Crippen LogP contribution >= 0.6 is 0 Å². The van der Waals surface area contributed by atoms with Gasteiger partial charge < -0.3 is 14.5 Å². The first-order chi connectivity index (χ1) is 11.4. The number of carbonyl (C=O) groups is 1. The zero-order chi connectivity index (χ0) is 17.7. The summed E-state index contributed by atoms with van der Waals surface area (Å²) in [6.45, 7) is 10.6. The van der Waals surface area contributed by atoms with Crippen molar-refractivity contribution in [3.8, 4) is 5.75 Å². The Bertz CT molecular complexity index is 688. The second kappa shape index (κ2) is 8.04. The number of benzene rings is 1. The van der Waals surface area contributed by atoms with Crippen molar-refractivity contribution in [3.05, 3.63) is 53.0 Å². The van der Waals surface area contributed by atoms with Gasteiger partial charge in [0.25, 0.3) is 5.91 Å². The lowest BCUT2D eigenvalue weighted by atomic mass is 10.0. The summed E-state index contributed by atoms with van der Waals surface area (Å²) in [6.07, 6.45) is 0.883. The maximum absolute atomic E-state index is 12.0. The average Bonchev–Trinajstić information content (AvgIpc) is 3.01. The highest BCUT2D eigenvalue weighted by Gasteiger charge is 2.14. The molecule has 0 bridgehead atoms. The molecule has 24 heavy (non-hydrogen) atoms. The quantitative estimate of drug-likeness (QED) is 0.792. The molecule has 0 spiro atoms. The van der Waals surface area contributed by atoms with Gasteiger partial charge in [-0.1, -0.05) is 32.9 Å². The van der Waals surface area contributed by atoms with Crippen LogP contribution in [-0.4, -0.2) is 11.9 Å². The Kier molecular flexibility index (Phi) is 6.07. The van der Waals surface area contributed by atoms with E-state index in [9.17, 15) is 4.79 Å². The Morgan fingerprint density at radius 1 is 1.21 bits per heavy atom. The molecule has 4 nitrogen and oxygen atoms in total. The first kappa shape index (κ1) is 18.1. The molecule has 130 valence electrons. The lowest BCUT2D eigenvalue weighted by molar-refractivity contribution is 0.0907. The van der Waals surface area contributed by atoms with Gasteiger partial charge in [0.05, 0.1) is 0 Å². The van der Waals surface area contributed by atoms with Gasteiger partial charge in [0.15, 0.2) is 5.76 Å². The fraction of sp³-hybridized carbons (Fsp3) is 0.450. The van der Waals surface area contributed by atoms with Crippen LogP contribution in [0.25, 0.3) is 0 Å². The molecule has 2 rings (SSSR count). The summed E-state index contributed by atoms with van der Waals surface area (Å²) in [5, 5.41) is 2.89. The molecule has 0 aliphatic rings. The van der Waals surface area contributed by atoms with Crippen LogP contribution in [-0.2, 0) is 6.61 Å². The van der Waals surface area contributed by atoms with Gasteiger partial charge in [-0.25, -0.2) is 0 Å². The van der Waals surface area contributed by atoms with Crippen molar-refractivity contribution < 1.29 is 13.9 Å². The molecule has 1 aromatic carbocycles. The molecule has 1 amide bonds. The summed E-state index contributed by atoms with van der Waals surface area (Å²) in [7, 11) is 0. The number of hydrogen-bond donors (Lipinski definition) is 1. The second-order valence-corrected chi connectivity index (χ2v) is 6.53. The molecule has 1 aromatic heterocycles. The average molecular weight is 329 g/mol. The van der Waals surface area contributed by atoms with Gasteiger partial charge in [-0.2, -0.15) is 0 Å². The molecule has 1 unspecified atom stereocenters. The Hall–Kier alpha value is -2.23. The molecule has 1 heterocycles. The molecule has 0 saturated carbocycles. The number of ether oxygens (including phenoxy) is 1. The molecule has 2 aromatic rings. The first-order valence-electron chi connectivity index (χ1n) is 8.53. The van der Waals surface area contributed by atoms with E-state index in [1.165, 1.54) is 5.56 Å². The van der Waals surface area contributed by atoms with E-state index in [0.717, 1.165) is 17.7 Å². The van der Waals surface area contributed by atoms with Crippen molar-refractivity contribution in [1.29, 1.82) is 0 Å². The summed E-state index contributed by atoms with van der Waals surface area (Å²) >= 11 is 0. The fourth-order valence-electron chi connectivity index (χ4n) is 2.37. The van der Waals surface area contributed by atoms with Crippen molar-refractivity contribution in [2.45, 2.75) is 59.6 Å². The SMILES string of the molecule is CCC(C)NC(=O)c1ccc(COc2cc(C)ccc2C(C)C)o1. The Labute approximate surface area is 144 Å². The van der Waals surface area contributed by atoms with Crippen LogP contribution in [0.3, 0.4) is 0 Å². The summed E-state index contributed by atoms with van der Waals surface area (Å²) < 4.78 is 11.5. The molecule has 0 fully saturated rings. The van der Waals surface area contributed by atoms with Crippen molar-refractivity contribution in [1.82, 2.24) is 5.32 Å². The van der Waals surface area contributed by atoms with Gasteiger partial charge in [-0.3, -0.25) is 4.79 Å². The highest BCUT2D eigenvalue weighted by molar-refractivity contribution is 5.91. The van der Waals surface area contributed by atoms with Gasteiger partial charge in [0.2, 0.25) is 0 Å². The van der Waals surface area contributed by atoms with Crippen LogP contribution in [0.5, 0.6) is 5.75 Å². The maximum atomic E-state index is 12.0. The molecule has 0 saturated heterocycles. The van der Waals surface area contributed by atoms with E-state index in [1.807, 2.05) is 26.8 Å². The predicted molar refractivity (Wildman–Crippen MR) is 95.5 cm³/mol. The van der Waals surface area contributed by atoms with Crippen LogP contribution in [0.2, 0.25) is 0 Å². The van der Waals surface area contributed by atoms with Gasteiger partial charge >= 0.3 is 0 Å². The van der Waals surface area contributed by atoms with Gasteiger partial charge in [0, 0.05) is 6.04 Å². The third-order valence-electron chi connectivity index (χ3n) is 4.04. The minimum atomic E-state index is -0.186. The van der Waals surface area contributed by atoms with E-state index in [0.29, 0.717) is 24.0 Å². The third-order valence-corrected chi connectivity index (χ3v) is 4.04. The van der Waals surface area contributed by atoms with Crippen LogP contribution in [0.15, 0.2) is 34.7 Å². The Morgan fingerprint density at radius 3 is 2.62 bits per heavy atom. The highest BCUT2D eigenvalue weighted by atomic mass is 16.5. The molecular formula is C20H27NO3. The second-order valence-electron chi connectivity index (χ2n) is 6.53. The van der Waals surface area contributed by atoms with Crippen LogP contribution in [0.4, 0.5) is 0 Å². The summed E-state index contributed by atoms with van der Waals surface area (Å²) in [5.74, 6) is 2.03. The number of hydrogen-bond acceptors (Lipinski definition) is 3. The number of rotatable bonds is 7. The van der Waals surface area contributed by atoms with Crippen molar-refractivity contribution >= 4 is 5.91 Å². The minimum absolute atomic E-state index is 0.128. The van der Waals surface area contributed by atoms with Gasteiger partial charge in [-0.15, -0.1) is 0 Å². The van der Waals surface area contributed by atoms with Crippen LogP contribution < -0.4 is 10.1 Å². The number of aryl methyl sites for hydroxylation is 1. The molecule has 0 aliphatic heterocycles. The van der Waals surface area contributed by atoms with E-state index in [2.05, 4.69) is 31.3 Å². The van der Waals surface area contributed by atoms with Crippen molar-refractivity contribution in [2.24, 2.45) is 0 Å². The summed E-state index contributed by atoms with van der Waals surface area (Å²) in [4.78, 5) is 12.0. The lowest BCUT2D eigenvalue weighted by Gasteiger charge is -2.14. The lowest BCUT2D eigenvalue weighted by Crippen LogP contribution is -2.31. The number of amides is 1. The molecule has 1 atom stereocenters. The topological polar surface area (TPSA) is 51.5 Å². The number of nitrogens with one attached hydrogen (secondary N) is 1. The largest absolute Gasteiger partial charge is 0.485 e. The third kappa shape index (κ3) is 4.63. The summed E-state index contributed by atoms with van der Waals surface area (Å²) in [5.41, 5.74) is 2.32. The van der Waals surface area contributed by atoms with Gasteiger partial charge in [-0.05, 0) is 55.5 Å². The number of furan rings is 1. The van der Waals surface area contributed by atoms with E-state index >= 15 is 0 Å². The van der Waals surface area contributed by atoms with E-state index in [4.69, 9.17) is 9.15 Å². The maximum Gasteiger partial charge on any atom is 0.287 e. The fourth-order valence-corrected chi connectivity index (χ4v) is 2.37. The zero-order valence-electron chi connectivity index (χ0n) is 15.2. The van der Waals surface area contributed by atoms with Crippen LogP contribution in [0, 0.1) is 6.92 Å².